The molecule has 1 spiro atoms. The molecule has 0 saturated heterocycles. The van der Waals surface area contributed by atoms with Gasteiger partial charge >= 0.3 is 0 Å². The van der Waals surface area contributed by atoms with Gasteiger partial charge < -0.3 is 20.9 Å². The van der Waals surface area contributed by atoms with Gasteiger partial charge in [-0.15, -0.1) is 0 Å². The van der Waals surface area contributed by atoms with Crippen molar-refractivity contribution in [3.8, 4) is 0 Å². The maximum Gasteiger partial charge on any atom is 0.243 e. The van der Waals surface area contributed by atoms with E-state index in [0.717, 1.165) is 44.9 Å². The topological polar surface area (TPSA) is 103 Å². The molecule has 3 N–H and O–H groups in total. The first-order valence-electron chi connectivity index (χ1n) is 12.3. The lowest BCUT2D eigenvalue weighted by Crippen LogP contribution is -2.35. The van der Waals surface area contributed by atoms with Gasteiger partial charge in [-0.3, -0.25) is 14.4 Å². The Balaban J connectivity index is 1.10. The van der Waals surface area contributed by atoms with Crippen molar-refractivity contribution in [3.63, 3.8) is 0 Å². The van der Waals surface area contributed by atoms with E-state index >= 15 is 0 Å². The van der Waals surface area contributed by atoms with E-state index < -0.39 is 5.41 Å². The minimum absolute atomic E-state index is 0.0137. The number of hydrogen-bond donors (Lipinski definition) is 3. The number of nitrogens with one attached hydrogen (secondary N) is 3. The van der Waals surface area contributed by atoms with Crippen molar-refractivity contribution in [1.29, 1.82) is 0 Å². The summed E-state index contributed by atoms with van der Waals surface area (Å²) in [5.41, 5.74) is 7.32. The average Bonchev–Trinajstić information content (AvgIpc) is 3.46. The van der Waals surface area contributed by atoms with Crippen LogP contribution in [-0.4, -0.2) is 35.8 Å². The van der Waals surface area contributed by atoms with Gasteiger partial charge in [0.05, 0.1) is 12.0 Å². The van der Waals surface area contributed by atoms with Crippen molar-refractivity contribution in [3.05, 3.63) is 76.5 Å². The lowest BCUT2D eigenvalue weighted by Gasteiger charge is -2.21. The highest BCUT2D eigenvalue weighted by atomic mass is 16.2. The van der Waals surface area contributed by atoms with Crippen LogP contribution in [0.3, 0.4) is 0 Å². The molecule has 1 aliphatic carbocycles. The van der Waals surface area contributed by atoms with Crippen molar-refractivity contribution < 1.29 is 14.4 Å². The minimum Gasteiger partial charge on any atom is -0.361 e. The molecular formula is C28H25N5O3. The molecule has 0 radical (unpaired) electrons. The van der Waals surface area contributed by atoms with E-state index in [1.165, 1.54) is 0 Å². The lowest BCUT2D eigenvalue weighted by molar-refractivity contribution is -0.120. The number of hydrogen-bond acceptors (Lipinski definition) is 5. The van der Waals surface area contributed by atoms with Crippen LogP contribution in [0.4, 0.5) is 22.9 Å². The number of nitrogens with zero attached hydrogens (tertiary/aromatic N) is 2. The summed E-state index contributed by atoms with van der Waals surface area (Å²) < 4.78 is 0. The number of anilines is 4. The highest BCUT2D eigenvalue weighted by Crippen LogP contribution is 2.47. The first-order chi connectivity index (χ1) is 17.4. The van der Waals surface area contributed by atoms with Gasteiger partial charge in [0.25, 0.3) is 0 Å². The maximum atomic E-state index is 13.1. The summed E-state index contributed by atoms with van der Waals surface area (Å²) in [6.07, 6.45) is 3.35. The van der Waals surface area contributed by atoms with Crippen molar-refractivity contribution >= 4 is 40.6 Å². The number of rotatable bonds is 3. The summed E-state index contributed by atoms with van der Waals surface area (Å²) in [7, 11) is 0. The van der Waals surface area contributed by atoms with E-state index in [2.05, 4.69) is 31.9 Å². The molecule has 180 valence electrons. The molecule has 2 atom stereocenters. The number of carbonyl (C=O) groups excluding carboxylic acids is 3. The highest BCUT2D eigenvalue weighted by Gasteiger charge is 2.51. The van der Waals surface area contributed by atoms with E-state index in [1.54, 1.807) is 6.20 Å². The van der Waals surface area contributed by atoms with E-state index in [-0.39, 0.29) is 30.2 Å². The molecular weight excluding hydrogens is 454 g/mol. The van der Waals surface area contributed by atoms with Crippen LogP contribution in [0, 0.1) is 6.92 Å². The van der Waals surface area contributed by atoms with Crippen LogP contribution in [0.25, 0.3) is 0 Å². The van der Waals surface area contributed by atoms with E-state index in [4.69, 9.17) is 0 Å². The largest absolute Gasteiger partial charge is 0.361 e. The fourth-order valence-corrected chi connectivity index (χ4v) is 6.49. The van der Waals surface area contributed by atoms with Gasteiger partial charge in [-0.2, -0.15) is 0 Å². The number of aryl methyl sites for hydroxylation is 1. The zero-order valence-corrected chi connectivity index (χ0v) is 19.9. The zero-order chi connectivity index (χ0) is 24.6. The van der Waals surface area contributed by atoms with E-state index in [0.29, 0.717) is 31.6 Å². The monoisotopic (exact) mass is 479 g/mol. The first-order valence-corrected chi connectivity index (χ1v) is 12.3. The SMILES string of the molecule is Cc1cc2c3c(c1)N(CC(=O)Nc1ccc4c(c1)CC1(C4)C(=O)Nc4ncccc41)CC3CC(=O)N2. The number of pyridine rings is 1. The summed E-state index contributed by atoms with van der Waals surface area (Å²) in [6.45, 7) is 2.87. The summed E-state index contributed by atoms with van der Waals surface area (Å²) in [4.78, 5) is 44.6. The van der Waals surface area contributed by atoms with Crippen molar-refractivity contribution in [2.45, 2.75) is 37.5 Å². The zero-order valence-electron chi connectivity index (χ0n) is 19.9. The van der Waals surface area contributed by atoms with Gasteiger partial charge in [-0.25, -0.2) is 4.98 Å². The molecule has 7 rings (SSSR count). The summed E-state index contributed by atoms with van der Waals surface area (Å²) in [5, 5.41) is 8.96. The Morgan fingerprint density at radius 3 is 2.89 bits per heavy atom. The lowest BCUT2D eigenvalue weighted by atomic mass is 9.79. The Morgan fingerprint density at radius 1 is 1.14 bits per heavy atom. The second-order valence-corrected chi connectivity index (χ2v) is 10.4. The second kappa shape index (κ2) is 7.40. The third-order valence-corrected chi connectivity index (χ3v) is 8.00. The number of benzene rings is 2. The maximum absolute atomic E-state index is 13.1. The molecule has 2 aromatic carbocycles. The fraction of sp³-hybridized carbons (Fsp3) is 0.286. The Labute approximate surface area is 208 Å². The van der Waals surface area contributed by atoms with Crippen LogP contribution in [-0.2, 0) is 32.6 Å². The number of amides is 3. The Kier molecular flexibility index (Phi) is 4.34. The second-order valence-electron chi connectivity index (χ2n) is 10.4. The van der Waals surface area contributed by atoms with E-state index in [9.17, 15) is 14.4 Å². The third kappa shape index (κ3) is 3.07. The van der Waals surface area contributed by atoms with Crippen LogP contribution >= 0.6 is 0 Å². The molecule has 3 amide bonds. The normalized spacial score (nSPS) is 22.7. The Hall–Kier alpha value is -4.20. The van der Waals surface area contributed by atoms with Crippen molar-refractivity contribution in [1.82, 2.24) is 4.98 Å². The summed E-state index contributed by atoms with van der Waals surface area (Å²) >= 11 is 0. The van der Waals surface area contributed by atoms with Gasteiger partial charge in [-0.1, -0.05) is 12.1 Å². The van der Waals surface area contributed by atoms with Crippen molar-refractivity contribution in [2.75, 3.05) is 33.9 Å². The molecule has 8 heteroatoms. The van der Waals surface area contributed by atoms with Crippen LogP contribution in [0.1, 0.15) is 40.2 Å². The third-order valence-electron chi connectivity index (χ3n) is 8.00. The highest BCUT2D eigenvalue weighted by molar-refractivity contribution is 6.06. The molecule has 1 aromatic heterocycles. The van der Waals surface area contributed by atoms with Gasteiger partial charge in [0.1, 0.15) is 5.82 Å². The molecule has 8 nitrogen and oxygen atoms in total. The van der Waals surface area contributed by atoms with Gasteiger partial charge in [0.15, 0.2) is 0 Å². The van der Waals surface area contributed by atoms with Crippen molar-refractivity contribution in [2.24, 2.45) is 0 Å². The number of aromatic nitrogens is 1. The molecule has 0 bridgehead atoms. The average molecular weight is 480 g/mol. The molecule has 36 heavy (non-hydrogen) atoms. The molecule has 3 aliphatic heterocycles. The summed E-state index contributed by atoms with van der Waals surface area (Å²) in [5.74, 6) is 0.667. The number of fused-ring (bicyclic) bond motifs is 3. The summed E-state index contributed by atoms with van der Waals surface area (Å²) in [6, 6.07) is 13.9. The molecule has 4 heterocycles. The molecule has 2 unspecified atom stereocenters. The van der Waals surface area contributed by atoms with Gasteiger partial charge in [-0.05, 0) is 66.8 Å². The van der Waals surface area contributed by atoms with Gasteiger partial charge in [0, 0.05) is 53.3 Å². The molecule has 3 aromatic rings. The standard InChI is InChI=1S/C28H25N5O3/c1-15-7-21-25-18(10-23(34)31-21)13-33(22(25)8-15)14-24(35)30-19-5-4-16-11-28(12-17(16)9-19)20-3-2-6-29-26(20)32-27(28)36/h2-9,18H,10-14H2,1H3,(H,30,35)(H,31,34)(H,29,32,36). The molecule has 4 aliphatic rings. The Bertz CT molecular complexity index is 1500. The van der Waals surface area contributed by atoms with Crippen LogP contribution in [0.2, 0.25) is 0 Å². The fourth-order valence-electron chi connectivity index (χ4n) is 6.49. The first kappa shape index (κ1) is 21.1. The molecule has 0 saturated carbocycles. The van der Waals surface area contributed by atoms with Crippen LogP contribution < -0.4 is 20.9 Å². The number of carbonyl (C=O) groups is 3. The smallest absolute Gasteiger partial charge is 0.243 e. The predicted molar refractivity (Wildman–Crippen MR) is 136 cm³/mol. The Morgan fingerprint density at radius 2 is 2.00 bits per heavy atom. The van der Waals surface area contributed by atoms with Gasteiger partial charge in [0.2, 0.25) is 17.7 Å². The molecule has 0 fully saturated rings. The predicted octanol–water partition coefficient (Wildman–Crippen LogP) is 3.26. The minimum atomic E-state index is -0.629. The quantitative estimate of drug-likeness (QED) is 0.535. The van der Waals surface area contributed by atoms with Crippen LogP contribution in [0.5, 0.6) is 0 Å². The van der Waals surface area contributed by atoms with Crippen LogP contribution in [0.15, 0.2) is 48.7 Å². The van der Waals surface area contributed by atoms with E-state index in [1.807, 2.05) is 43.3 Å².